The van der Waals surface area contributed by atoms with Crippen LogP contribution in [0, 0.1) is 11.6 Å². The molecule has 0 spiro atoms. The van der Waals surface area contributed by atoms with E-state index in [0.717, 1.165) is 6.07 Å². The lowest BCUT2D eigenvalue weighted by atomic mass is 10.3. The van der Waals surface area contributed by atoms with Gasteiger partial charge in [0, 0.05) is 19.1 Å². The van der Waals surface area contributed by atoms with Crippen molar-refractivity contribution in [2.75, 3.05) is 6.61 Å². The molecule has 0 saturated heterocycles. The van der Waals surface area contributed by atoms with Gasteiger partial charge < -0.3 is 5.11 Å². The Morgan fingerprint density at radius 1 is 1.36 bits per heavy atom. The smallest absolute Gasteiger partial charge is 0.153 e. The third kappa shape index (κ3) is 1.60. The standard InChI is InChI=1S/C9H7F2NOS/c10-5-3-6(11)9-7(4-5)14-8(12-9)1-2-13/h3-4,13H,1-2H2. The number of aliphatic hydroxyl groups is 1. The molecule has 74 valence electrons. The van der Waals surface area contributed by atoms with E-state index in [1.165, 1.54) is 17.4 Å². The average molecular weight is 215 g/mol. The van der Waals surface area contributed by atoms with Gasteiger partial charge in [-0.2, -0.15) is 0 Å². The Morgan fingerprint density at radius 2 is 2.14 bits per heavy atom. The molecule has 2 nitrogen and oxygen atoms in total. The number of aliphatic hydroxyl groups excluding tert-OH is 1. The lowest BCUT2D eigenvalue weighted by Gasteiger charge is -1.90. The Hall–Kier alpha value is -1.07. The maximum Gasteiger partial charge on any atom is 0.153 e. The number of nitrogens with zero attached hydrogens (tertiary/aromatic N) is 1. The first-order chi connectivity index (χ1) is 6.70. The third-order valence-electron chi connectivity index (χ3n) is 1.78. The largest absolute Gasteiger partial charge is 0.396 e. The maximum absolute atomic E-state index is 13.1. The fraction of sp³-hybridized carbons (Fsp3) is 0.222. The van der Waals surface area contributed by atoms with Crippen molar-refractivity contribution in [1.82, 2.24) is 4.98 Å². The summed E-state index contributed by atoms with van der Waals surface area (Å²) < 4.78 is 26.4. The minimum atomic E-state index is -0.652. The monoisotopic (exact) mass is 215 g/mol. The van der Waals surface area contributed by atoms with Gasteiger partial charge in [-0.3, -0.25) is 0 Å². The van der Waals surface area contributed by atoms with Crippen molar-refractivity contribution in [2.45, 2.75) is 6.42 Å². The Kier molecular flexibility index (Phi) is 2.43. The van der Waals surface area contributed by atoms with Gasteiger partial charge in [0.25, 0.3) is 0 Å². The van der Waals surface area contributed by atoms with Gasteiger partial charge in [-0.25, -0.2) is 13.8 Å². The van der Waals surface area contributed by atoms with Crippen LogP contribution in [0.1, 0.15) is 5.01 Å². The van der Waals surface area contributed by atoms with Crippen molar-refractivity contribution in [1.29, 1.82) is 0 Å². The summed E-state index contributed by atoms with van der Waals surface area (Å²) in [5.74, 6) is -1.25. The van der Waals surface area contributed by atoms with E-state index in [4.69, 9.17) is 5.11 Å². The molecule has 0 aliphatic heterocycles. The molecular formula is C9H7F2NOS. The average Bonchev–Trinajstić information content (AvgIpc) is 2.48. The van der Waals surface area contributed by atoms with Gasteiger partial charge in [-0.1, -0.05) is 0 Å². The van der Waals surface area contributed by atoms with E-state index in [0.29, 0.717) is 16.1 Å². The topological polar surface area (TPSA) is 33.1 Å². The molecule has 1 heterocycles. The van der Waals surface area contributed by atoms with Crippen LogP contribution in [0.4, 0.5) is 8.78 Å². The minimum Gasteiger partial charge on any atom is -0.396 e. The zero-order chi connectivity index (χ0) is 10.1. The molecule has 1 aromatic carbocycles. The normalized spacial score (nSPS) is 11.1. The molecule has 14 heavy (non-hydrogen) atoms. The highest BCUT2D eigenvalue weighted by molar-refractivity contribution is 7.18. The molecule has 0 atom stereocenters. The Balaban J connectivity index is 2.58. The lowest BCUT2D eigenvalue weighted by molar-refractivity contribution is 0.299. The van der Waals surface area contributed by atoms with Crippen LogP contribution in [0.2, 0.25) is 0 Å². The Labute approximate surface area is 82.8 Å². The van der Waals surface area contributed by atoms with Crippen LogP contribution in [0.15, 0.2) is 12.1 Å². The van der Waals surface area contributed by atoms with Crippen LogP contribution >= 0.6 is 11.3 Å². The van der Waals surface area contributed by atoms with Gasteiger partial charge in [-0.15, -0.1) is 11.3 Å². The van der Waals surface area contributed by atoms with Crippen LogP contribution < -0.4 is 0 Å². The van der Waals surface area contributed by atoms with Crippen LogP contribution in [-0.4, -0.2) is 16.7 Å². The lowest BCUT2D eigenvalue weighted by Crippen LogP contribution is -1.88. The molecule has 2 rings (SSSR count). The number of halogens is 2. The maximum atomic E-state index is 13.1. The van der Waals surface area contributed by atoms with Crippen LogP contribution in [0.25, 0.3) is 10.2 Å². The second-order valence-corrected chi connectivity index (χ2v) is 3.93. The van der Waals surface area contributed by atoms with Crippen molar-refractivity contribution in [2.24, 2.45) is 0 Å². The molecule has 5 heteroatoms. The molecule has 1 N–H and O–H groups in total. The molecule has 1 aromatic heterocycles. The predicted octanol–water partition coefficient (Wildman–Crippen LogP) is 2.11. The molecule has 2 aromatic rings. The predicted molar refractivity (Wildman–Crippen MR) is 50.3 cm³/mol. The molecule has 0 unspecified atom stereocenters. The van der Waals surface area contributed by atoms with Crippen LogP contribution in [0.5, 0.6) is 0 Å². The molecule has 0 aliphatic rings. The van der Waals surface area contributed by atoms with Gasteiger partial charge in [0.15, 0.2) is 5.82 Å². The highest BCUT2D eigenvalue weighted by atomic mass is 32.1. The number of benzene rings is 1. The number of aromatic nitrogens is 1. The van der Waals surface area contributed by atoms with E-state index in [1.54, 1.807) is 0 Å². The summed E-state index contributed by atoms with van der Waals surface area (Å²) in [6, 6.07) is 2.06. The van der Waals surface area contributed by atoms with E-state index >= 15 is 0 Å². The fourth-order valence-corrected chi connectivity index (χ4v) is 2.20. The van der Waals surface area contributed by atoms with Crippen LogP contribution in [0.3, 0.4) is 0 Å². The number of thiazole rings is 1. The Bertz CT molecular complexity index is 469. The second-order valence-electron chi connectivity index (χ2n) is 2.82. The zero-order valence-corrected chi connectivity index (χ0v) is 7.94. The summed E-state index contributed by atoms with van der Waals surface area (Å²) in [4.78, 5) is 3.96. The highest BCUT2D eigenvalue weighted by Crippen LogP contribution is 2.25. The van der Waals surface area contributed by atoms with E-state index in [1.807, 2.05) is 0 Å². The molecule has 0 radical (unpaired) electrons. The van der Waals surface area contributed by atoms with Gasteiger partial charge in [-0.05, 0) is 6.07 Å². The quantitative estimate of drug-likeness (QED) is 0.832. The van der Waals surface area contributed by atoms with E-state index in [-0.39, 0.29) is 12.1 Å². The van der Waals surface area contributed by atoms with E-state index < -0.39 is 11.6 Å². The fourth-order valence-electron chi connectivity index (χ4n) is 1.21. The first-order valence-corrected chi connectivity index (χ1v) is 4.87. The summed E-state index contributed by atoms with van der Waals surface area (Å²) >= 11 is 1.20. The first-order valence-electron chi connectivity index (χ1n) is 4.06. The van der Waals surface area contributed by atoms with Gasteiger partial charge in [0.05, 0.1) is 9.71 Å². The summed E-state index contributed by atoms with van der Waals surface area (Å²) in [6.07, 6.45) is 0.375. The molecule has 0 aliphatic carbocycles. The van der Waals surface area contributed by atoms with Crippen molar-refractivity contribution in [3.63, 3.8) is 0 Å². The zero-order valence-electron chi connectivity index (χ0n) is 7.13. The van der Waals surface area contributed by atoms with Crippen molar-refractivity contribution >= 4 is 21.6 Å². The number of fused-ring (bicyclic) bond motifs is 1. The Morgan fingerprint density at radius 3 is 2.86 bits per heavy atom. The second kappa shape index (κ2) is 3.59. The van der Waals surface area contributed by atoms with E-state index in [9.17, 15) is 8.78 Å². The van der Waals surface area contributed by atoms with Crippen molar-refractivity contribution in [3.8, 4) is 0 Å². The molecule has 0 fully saturated rings. The van der Waals surface area contributed by atoms with Gasteiger partial charge in [0.2, 0.25) is 0 Å². The summed E-state index contributed by atoms with van der Waals surface area (Å²) in [6.45, 7) is -0.0378. The van der Waals surface area contributed by atoms with E-state index in [2.05, 4.69) is 4.98 Å². The molecule has 0 saturated carbocycles. The molecular weight excluding hydrogens is 208 g/mol. The molecule has 0 bridgehead atoms. The number of rotatable bonds is 2. The number of hydrogen-bond donors (Lipinski definition) is 1. The SMILES string of the molecule is OCCc1nc2c(F)cc(F)cc2s1. The van der Waals surface area contributed by atoms with Crippen molar-refractivity contribution < 1.29 is 13.9 Å². The summed E-state index contributed by atoms with van der Waals surface area (Å²) in [5.41, 5.74) is 0.180. The van der Waals surface area contributed by atoms with Crippen LogP contribution in [-0.2, 0) is 6.42 Å². The molecule has 0 amide bonds. The van der Waals surface area contributed by atoms with Crippen molar-refractivity contribution in [3.05, 3.63) is 28.8 Å². The first kappa shape index (κ1) is 9.48. The van der Waals surface area contributed by atoms with Gasteiger partial charge >= 0.3 is 0 Å². The minimum absolute atomic E-state index is 0.0378. The highest BCUT2D eigenvalue weighted by Gasteiger charge is 2.09. The van der Waals surface area contributed by atoms with Gasteiger partial charge in [0.1, 0.15) is 11.3 Å². The summed E-state index contributed by atoms with van der Waals surface area (Å²) in [5, 5.41) is 9.29. The third-order valence-corrected chi connectivity index (χ3v) is 2.85. The number of hydrogen-bond acceptors (Lipinski definition) is 3. The summed E-state index contributed by atoms with van der Waals surface area (Å²) in [7, 11) is 0.